The van der Waals surface area contributed by atoms with Gasteiger partial charge in [0.2, 0.25) is 40.8 Å². The van der Waals surface area contributed by atoms with Crippen LogP contribution in [-0.2, 0) is 0 Å². The van der Waals surface area contributed by atoms with Crippen LogP contribution in [0.1, 0.15) is 10.4 Å². The van der Waals surface area contributed by atoms with Crippen LogP contribution in [0.3, 0.4) is 0 Å². The van der Waals surface area contributed by atoms with Crippen LogP contribution < -0.4 is 10.5 Å². The van der Waals surface area contributed by atoms with Crippen LogP contribution in [0.4, 0.5) is 27.9 Å². The molecule has 1 heterocycles. The third-order valence-corrected chi connectivity index (χ3v) is 5.50. The van der Waals surface area contributed by atoms with Crippen molar-refractivity contribution in [2.75, 3.05) is 12.0 Å². The van der Waals surface area contributed by atoms with E-state index in [-0.39, 0.29) is 11.5 Å². The minimum atomic E-state index is -2.35. The summed E-state index contributed by atoms with van der Waals surface area (Å²) >= 11 is 1.37. The topological polar surface area (TPSA) is 78.1 Å². The van der Waals surface area contributed by atoms with Crippen molar-refractivity contribution in [3.05, 3.63) is 77.2 Å². The lowest BCUT2D eigenvalue weighted by atomic mass is 10.0. The van der Waals surface area contributed by atoms with Gasteiger partial charge in [0.15, 0.2) is 0 Å². The molecule has 1 aromatic heterocycles. The molecule has 0 aliphatic rings. The Morgan fingerprint density at radius 3 is 2.27 bits per heavy atom. The Morgan fingerprint density at radius 1 is 0.939 bits per heavy atom. The van der Waals surface area contributed by atoms with Gasteiger partial charge in [-0.2, -0.15) is 8.78 Å². The van der Waals surface area contributed by atoms with E-state index in [2.05, 4.69) is 14.7 Å². The predicted octanol–water partition coefficient (Wildman–Crippen LogP) is 5.52. The van der Waals surface area contributed by atoms with Gasteiger partial charge in [0.1, 0.15) is 0 Å². The van der Waals surface area contributed by atoms with E-state index in [4.69, 9.17) is 5.73 Å². The highest BCUT2D eigenvalue weighted by Crippen LogP contribution is 2.34. The number of hydrogen-bond acceptors (Lipinski definition) is 6. The molecular formula is C22H12F5N3O2S. The standard InChI is InChI=1S/C22H12F5N3O2S/c1-33-14-5-3-10(21(31)32-20-18(26)16(24)15(23)17(25)19(20)27)7-12(14)9-2-4-13-11(6-9)8-29-22(28)30-13/h2-8H,1H3,(H2,28,29,30). The fourth-order valence-corrected chi connectivity index (χ4v) is 3.70. The van der Waals surface area contributed by atoms with Gasteiger partial charge in [-0.1, -0.05) is 6.07 Å². The van der Waals surface area contributed by atoms with Crippen LogP contribution >= 0.6 is 11.8 Å². The Labute approximate surface area is 187 Å². The molecule has 2 N–H and O–H groups in total. The SMILES string of the molecule is CSc1ccc(C(=O)Oc2c(F)c(F)c(F)c(F)c2F)cc1-c1ccc2nc(N)ncc2c1. The molecule has 0 aliphatic heterocycles. The summed E-state index contributed by atoms with van der Waals surface area (Å²) in [6.45, 7) is 0. The van der Waals surface area contributed by atoms with E-state index in [0.717, 1.165) is 4.90 Å². The van der Waals surface area contributed by atoms with Gasteiger partial charge in [0.25, 0.3) is 0 Å². The van der Waals surface area contributed by atoms with Crippen molar-refractivity contribution in [2.24, 2.45) is 0 Å². The Hall–Kier alpha value is -3.73. The van der Waals surface area contributed by atoms with Crippen LogP contribution in [0.5, 0.6) is 5.75 Å². The highest BCUT2D eigenvalue weighted by Gasteiger charge is 2.29. The highest BCUT2D eigenvalue weighted by atomic mass is 32.2. The molecule has 0 aliphatic carbocycles. The summed E-state index contributed by atoms with van der Waals surface area (Å²) in [4.78, 5) is 21.3. The van der Waals surface area contributed by atoms with E-state index in [1.165, 1.54) is 30.1 Å². The van der Waals surface area contributed by atoms with Gasteiger partial charge in [-0.05, 0) is 47.7 Å². The molecule has 168 valence electrons. The van der Waals surface area contributed by atoms with Gasteiger partial charge >= 0.3 is 5.97 Å². The van der Waals surface area contributed by atoms with Crippen molar-refractivity contribution in [3.63, 3.8) is 0 Å². The van der Waals surface area contributed by atoms with E-state index in [1.54, 1.807) is 30.5 Å². The van der Waals surface area contributed by atoms with Crippen LogP contribution in [-0.4, -0.2) is 22.2 Å². The molecule has 0 radical (unpaired) electrons. The lowest BCUT2D eigenvalue weighted by molar-refractivity contribution is 0.0716. The van der Waals surface area contributed by atoms with Crippen molar-refractivity contribution in [2.45, 2.75) is 4.90 Å². The van der Waals surface area contributed by atoms with Gasteiger partial charge in [0.05, 0.1) is 11.1 Å². The van der Waals surface area contributed by atoms with Crippen LogP contribution in [0.25, 0.3) is 22.0 Å². The van der Waals surface area contributed by atoms with E-state index in [1.807, 2.05) is 0 Å². The molecule has 0 amide bonds. The number of hydrogen-bond donors (Lipinski definition) is 1. The fourth-order valence-electron chi connectivity index (χ4n) is 3.10. The molecule has 0 saturated heterocycles. The summed E-state index contributed by atoms with van der Waals surface area (Å²) in [6, 6.07) is 9.45. The maximum absolute atomic E-state index is 13.9. The first-order valence-corrected chi connectivity index (χ1v) is 10.4. The number of nitrogens with zero attached hydrogens (tertiary/aromatic N) is 2. The third-order valence-electron chi connectivity index (χ3n) is 4.71. The predicted molar refractivity (Wildman–Crippen MR) is 112 cm³/mol. The first-order valence-electron chi connectivity index (χ1n) is 9.15. The normalized spacial score (nSPS) is 11.1. The lowest BCUT2D eigenvalue weighted by Gasteiger charge is -2.12. The summed E-state index contributed by atoms with van der Waals surface area (Å²) in [5.74, 6) is -14.1. The zero-order valence-electron chi connectivity index (χ0n) is 16.6. The van der Waals surface area contributed by atoms with Gasteiger partial charge < -0.3 is 10.5 Å². The second kappa shape index (κ2) is 8.66. The van der Waals surface area contributed by atoms with Crippen molar-refractivity contribution < 1.29 is 31.5 Å². The average molecular weight is 477 g/mol. The highest BCUT2D eigenvalue weighted by molar-refractivity contribution is 7.98. The second-order valence-corrected chi connectivity index (χ2v) is 7.55. The number of carbonyl (C=O) groups excluding carboxylic acids is 1. The Morgan fingerprint density at radius 2 is 1.61 bits per heavy atom. The largest absolute Gasteiger partial charge is 0.416 e. The molecule has 0 unspecified atom stereocenters. The molecule has 33 heavy (non-hydrogen) atoms. The molecule has 3 aromatic carbocycles. The molecule has 0 fully saturated rings. The third kappa shape index (κ3) is 4.07. The number of halogens is 5. The molecule has 5 nitrogen and oxygen atoms in total. The smallest absolute Gasteiger partial charge is 0.343 e. The van der Waals surface area contributed by atoms with E-state index in [0.29, 0.717) is 22.0 Å². The number of esters is 1. The zero-order chi connectivity index (χ0) is 23.9. The van der Waals surface area contributed by atoms with Crippen LogP contribution in [0, 0.1) is 29.1 Å². The average Bonchev–Trinajstić information content (AvgIpc) is 2.83. The number of aromatic nitrogens is 2. The van der Waals surface area contributed by atoms with Crippen molar-refractivity contribution in [1.29, 1.82) is 0 Å². The molecule has 0 saturated carbocycles. The lowest BCUT2D eigenvalue weighted by Crippen LogP contribution is -2.14. The number of anilines is 1. The summed E-state index contributed by atoms with van der Waals surface area (Å²) in [5.41, 5.74) is 7.24. The molecular weight excluding hydrogens is 465 g/mol. The summed E-state index contributed by atoms with van der Waals surface area (Å²) in [6.07, 6.45) is 3.33. The van der Waals surface area contributed by atoms with Gasteiger partial charge in [-0.15, -0.1) is 11.8 Å². The van der Waals surface area contributed by atoms with E-state index >= 15 is 0 Å². The van der Waals surface area contributed by atoms with Crippen molar-refractivity contribution in [1.82, 2.24) is 9.97 Å². The number of nitrogen functional groups attached to an aromatic ring is 1. The van der Waals surface area contributed by atoms with Crippen LogP contribution in [0.15, 0.2) is 47.5 Å². The number of thioether (sulfide) groups is 1. The summed E-state index contributed by atoms with van der Waals surface area (Å²) in [5, 5.41) is 0.670. The maximum Gasteiger partial charge on any atom is 0.343 e. The minimum absolute atomic E-state index is 0.109. The molecule has 0 bridgehead atoms. The van der Waals surface area contributed by atoms with E-state index in [9.17, 15) is 26.7 Å². The molecule has 4 aromatic rings. The molecule has 0 spiro atoms. The first kappa shape index (κ1) is 22.5. The van der Waals surface area contributed by atoms with Crippen molar-refractivity contribution >= 4 is 34.6 Å². The number of fused-ring (bicyclic) bond motifs is 1. The minimum Gasteiger partial charge on any atom is -0.416 e. The quantitative estimate of drug-likeness (QED) is 0.104. The number of nitrogens with two attached hydrogens (primary N) is 1. The number of rotatable bonds is 4. The van der Waals surface area contributed by atoms with Gasteiger partial charge in [-0.3, -0.25) is 0 Å². The van der Waals surface area contributed by atoms with Crippen molar-refractivity contribution in [3.8, 4) is 16.9 Å². The fraction of sp³-hybridized carbons (Fsp3) is 0.0455. The Bertz CT molecular complexity index is 1400. The van der Waals surface area contributed by atoms with E-state index < -0.39 is 40.8 Å². The van der Waals surface area contributed by atoms with Gasteiger partial charge in [-0.25, -0.2) is 27.9 Å². The first-order chi connectivity index (χ1) is 15.7. The monoisotopic (exact) mass is 477 g/mol. The second-order valence-electron chi connectivity index (χ2n) is 6.71. The zero-order valence-corrected chi connectivity index (χ0v) is 17.4. The summed E-state index contributed by atoms with van der Waals surface area (Å²) in [7, 11) is 0. The van der Waals surface area contributed by atoms with Crippen LogP contribution in [0.2, 0.25) is 0 Å². The number of benzene rings is 3. The molecule has 4 rings (SSSR count). The van der Waals surface area contributed by atoms with Gasteiger partial charge in [0, 0.05) is 16.5 Å². The number of carbonyl (C=O) groups is 1. The Kier molecular flexibility index (Phi) is 5.90. The number of ether oxygens (including phenoxy) is 1. The summed E-state index contributed by atoms with van der Waals surface area (Å²) < 4.78 is 72.4. The Balaban J connectivity index is 1.75. The maximum atomic E-state index is 13.9. The molecule has 11 heteroatoms. The molecule has 0 atom stereocenters.